The molecule has 2 aromatic rings. The summed E-state index contributed by atoms with van der Waals surface area (Å²) in [5.74, 6) is -9.16. The Kier molecular flexibility index (Phi) is 7.77. The zero-order valence-corrected chi connectivity index (χ0v) is 16.7. The van der Waals surface area contributed by atoms with Gasteiger partial charge in [-0.1, -0.05) is 12.1 Å². The number of carbonyl (C=O) groups is 4. The lowest BCUT2D eigenvalue weighted by Gasteiger charge is -2.29. The normalized spacial score (nSPS) is 12.4. The highest BCUT2D eigenvalue weighted by Crippen LogP contribution is 2.30. The Labute approximate surface area is 185 Å². The first kappa shape index (κ1) is 24.9. The van der Waals surface area contributed by atoms with Crippen LogP contribution in [0.25, 0.3) is 0 Å². The standard InChI is InChI=1S/C20H20N2O11/c23-7-11(21-17(29)9-3-1-5-13(25)15(9)27)19(31)22(12(8-24)20(32)33)18(30)10-4-2-6-14(26)16(10)28/h1-6,11-12,23-28H,7-8H2,(H,21,29)(H,32,33)/t11-,12-/m0/s1. The molecular formula is C20H20N2O11. The van der Waals surface area contributed by atoms with Crippen molar-refractivity contribution in [1.82, 2.24) is 10.2 Å². The second-order valence-electron chi connectivity index (χ2n) is 6.61. The van der Waals surface area contributed by atoms with Gasteiger partial charge in [0.2, 0.25) is 0 Å². The predicted octanol–water partition coefficient (Wildman–Crippen LogP) is -1.29. The van der Waals surface area contributed by atoms with Gasteiger partial charge in [-0.25, -0.2) is 4.79 Å². The lowest BCUT2D eigenvalue weighted by atomic mass is 10.1. The molecular weight excluding hydrogens is 444 g/mol. The van der Waals surface area contributed by atoms with Crippen LogP contribution < -0.4 is 5.32 Å². The van der Waals surface area contributed by atoms with Crippen molar-refractivity contribution in [2.45, 2.75) is 12.1 Å². The number of nitrogens with zero attached hydrogens (tertiary/aromatic N) is 1. The number of amides is 3. The molecule has 2 aromatic carbocycles. The Morgan fingerprint density at radius 1 is 0.818 bits per heavy atom. The molecule has 0 saturated carbocycles. The maximum Gasteiger partial charge on any atom is 0.329 e. The number of aliphatic hydroxyl groups is 2. The summed E-state index contributed by atoms with van der Waals surface area (Å²) in [6.45, 7) is -2.40. The second kappa shape index (κ2) is 10.3. The molecule has 33 heavy (non-hydrogen) atoms. The first-order valence-electron chi connectivity index (χ1n) is 9.19. The number of hydrogen-bond donors (Lipinski definition) is 8. The molecule has 3 amide bonds. The number of phenolic OH excluding ortho intramolecular Hbond substituents is 4. The fourth-order valence-corrected chi connectivity index (χ4v) is 2.80. The van der Waals surface area contributed by atoms with Crippen molar-refractivity contribution >= 4 is 23.7 Å². The number of para-hydroxylation sites is 2. The van der Waals surface area contributed by atoms with Crippen LogP contribution in [0.2, 0.25) is 0 Å². The summed E-state index contributed by atoms with van der Waals surface area (Å²) < 4.78 is 0. The van der Waals surface area contributed by atoms with E-state index in [1.54, 1.807) is 0 Å². The van der Waals surface area contributed by atoms with Crippen molar-refractivity contribution in [2.75, 3.05) is 13.2 Å². The molecule has 0 fully saturated rings. The number of hydrogen-bond acceptors (Lipinski definition) is 10. The first-order chi connectivity index (χ1) is 15.5. The van der Waals surface area contributed by atoms with Crippen LogP contribution in [0.4, 0.5) is 0 Å². The number of aliphatic carboxylic acids is 1. The monoisotopic (exact) mass is 464 g/mol. The number of carboxylic acids is 1. The van der Waals surface area contributed by atoms with Gasteiger partial charge in [-0.05, 0) is 24.3 Å². The van der Waals surface area contributed by atoms with Crippen LogP contribution >= 0.6 is 0 Å². The van der Waals surface area contributed by atoms with Gasteiger partial charge in [0, 0.05) is 0 Å². The molecule has 0 spiro atoms. The van der Waals surface area contributed by atoms with E-state index in [2.05, 4.69) is 0 Å². The van der Waals surface area contributed by atoms with Gasteiger partial charge >= 0.3 is 5.97 Å². The number of phenols is 4. The molecule has 176 valence electrons. The first-order valence-corrected chi connectivity index (χ1v) is 9.19. The van der Waals surface area contributed by atoms with Crippen LogP contribution in [0.1, 0.15) is 20.7 Å². The van der Waals surface area contributed by atoms with Crippen LogP contribution in [0, 0.1) is 0 Å². The van der Waals surface area contributed by atoms with Crippen molar-refractivity contribution in [3.8, 4) is 23.0 Å². The zero-order valence-electron chi connectivity index (χ0n) is 16.7. The van der Waals surface area contributed by atoms with E-state index in [0.29, 0.717) is 0 Å². The van der Waals surface area contributed by atoms with E-state index in [0.717, 1.165) is 30.3 Å². The molecule has 13 nitrogen and oxygen atoms in total. The number of nitrogens with one attached hydrogen (secondary N) is 1. The minimum atomic E-state index is -2.19. The maximum absolute atomic E-state index is 13.0. The van der Waals surface area contributed by atoms with Crippen LogP contribution in [-0.2, 0) is 9.59 Å². The van der Waals surface area contributed by atoms with Crippen molar-refractivity contribution in [2.24, 2.45) is 0 Å². The van der Waals surface area contributed by atoms with Gasteiger partial charge in [0.1, 0.15) is 6.04 Å². The van der Waals surface area contributed by atoms with Crippen molar-refractivity contribution in [3.05, 3.63) is 47.5 Å². The third-order valence-electron chi connectivity index (χ3n) is 4.52. The smallest absolute Gasteiger partial charge is 0.329 e. The number of carbonyl (C=O) groups excluding carboxylic acids is 3. The summed E-state index contributed by atoms with van der Waals surface area (Å²) in [6, 6.07) is 2.31. The molecule has 2 rings (SSSR count). The van der Waals surface area contributed by atoms with Crippen LogP contribution in [0.5, 0.6) is 23.0 Å². The molecule has 0 heterocycles. The molecule has 0 unspecified atom stereocenters. The van der Waals surface area contributed by atoms with Crippen molar-refractivity contribution in [1.29, 1.82) is 0 Å². The summed E-state index contributed by atoms with van der Waals surface area (Å²) in [7, 11) is 0. The fourth-order valence-electron chi connectivity index (χ4n) is 2.80. The zero-order chi connectivity index (χ0) is 24.9. The Morgan fingerprint density at radius 2 is 1.33 bits per heavy atom. The van der Waals surface area contributed by atoms with Gasteiger partial charge < -0.3 is 41.1 Å². The van der Waals surface area contributed by atoms with Gasteiger partial charge in [0.15, 0.2) is 29.0 Å². The summed E-state index contributed by atoms with van der Waals surface area (Å²) in [5.41, 5.74) is -1.20. The molecule has 2 atom stereocenters. The lowest BCUT2D eigenvalue weighted by molar-refractivity contribution is -0.150. The van der Waals surface area contributed by atoms with Crippen molar-refractivity contribution < 1.29 is 54.9 Å². The Bertz CT molecular complexity index is 1090. The molecule has 0 saturated heterocycles. The highest BCUT2D eigenvalue weighted by Gasteiger charge is 2.40. The number of rotatable bonds is 8. The molecule has 0 aliphatic heterocycles. The van der Waals surface area contributed by atoms with Crippen LogP contribution in [0.15, 0.2) is 36.4 Å². The number of imide groups is 1. The van der Waals surface area contributed by atoms with E-state index in [4.69, 9.17) is 0 Å². The molecule has 0 bridgehead atoms. The molecule has 0 radical (unpaired) electrons. The quantitative estimate of drug-likeness (QED) is 0.215. The third-order valence-corrected chi connectivity index (χ3v) is 4.52. The van der Waals surface area contributed by atoms with Gasteiger partial charge in [-0.3, -0.25) is 19.3 Å². The summed E-state index contributed by atoms with van der Waals surface area (Å²) in [4.78, 5) is 50.0. The average molecular weight is 464 g/mol. The highest BCUT2D eigenvalue weighted by molar-refractivity contribution is 6.11. The maximum atomic E-state index is 13.0. The molecule has 0 aliphatic rings. The summed E-state index contributed by atoms with van der Waals surface area (Å²) in [5, 5.41) is 69.3. The number of aromatic hydroxyl groups is 4. The Morgan fingerprint density at radius 3 is 1.82 bits per heavy atom. The highest BCUT2D eigenvalue weighted by atomic mass is 16.4. The van der Waals surface area contributed by atoms with E-state index >= 15 is 0 Å². The number of carboxylic acid groups (broad SMARTS) is 1. The summed E-state index contributed by atoms with van der Waals surface area (Å²) >= 11 is 0. The van der Waals surface area contributed by atoms with Gasteiger partial charge in [-0.2, -0.15) is 0 Å². The lowest BCUT2D eigenvalue weighted by Crippen LogP contribution is -2.58. The average Bonchev–Trinajstić information content (AvgIpc) is 2.78. The Hall–Kier alpha value is -4.36. The second-order valence-corrected chi connectivity index (χ2v) is 6.61. The van der Waals surface area contributed by atoms with E-state index < -0.39 is 83.1 Å². The van der Waals surface area contributed by atoms with Crippen molar-refractivity contribution in [3.63, 3.8) is 0 Å². The summed E-state index contributed by atoms with van der Waals surface area (Å²) in [6.07, 6.45) is 0. The van der Waals surface area contributed by atoms with E-state index in [1.165, 1.54) is 6.07 Å². The molecule has 13 heteroatoms. The largest absolute Gasteiger partial charge is 0.504 e. The minimum absolute atomic E-state index is 0.000314. The molecule has 8 N–H and O–H groups in total. The number of benzene rings is 2. The van der Waals surface area contributed by atoms with Crippen LogP contribution in [-0.4, -0.2) is 89.6 Å². The minimum Gasteiger partial charge on any atom is -0.504 e. The molecule has 0 aromatic heterocycles. The van der Waals surface area contributed by atoms with E-state index in [1.807, 2.05) is 5.32 Å². The topological polar surface area (TPSA) is 225 Å². The van der Waals surface area contributed by atoms with Crippen LogP contribution in [0.3, 0.4) is 0 Å². The van der Waals surface area contributed by atoms with E-state index in [9.17, 15) is 54.9 Å². The van der Waals surface area contributed by atoms with Gasteiger partial charge in [0.05, 0.1) is 24.3 Å². The fraction of sp³-hybridized carbons (Fsp3) is 0.200. The van der Waals surface area contributed by atoms with Gasteiger partial charge in [-0.15, -0.1) is 0 Å². The van der Waals surface area contributed by atoms with E-state index in [-0.39, 0.29) is 4.90 Å². The number of aliphatic hydroxyl groups excluding tert-OH is 2. The SMILES string of the molecule is O=C(N[C@@H](CO)C(=O)N(C(=O)c1cccc(O)c1O)[C@@H](CO)C(=O)O)c1cccc(O)c1O. The molecule has 0 aliphatic carbocycles. The third kappa shape index (κ3) is 5.11. The predicted molar refractivity (Wildman–Crippen MR) is 108 cm³/mol. The van der Waals surface area contributed by atoms with Gasteiger partial charge in [0.25, 0.3) is 17.7 Å². The Balaban J connectivity index is 2.46.